The van der Waals surface area contributed by atoms with Gasteiger partial charge in [0.2, 0.25) is 0 Å². The van der Waals surface area contributed by atoms with E-state index in [1.54, 1.807) is 0 Å². The van der Waals surface area contributed by atoms with Crippen LogP contribution in [0.5, 0.6) is 0 Å². The first-order valence-corrected chi connectivity index (χ1v) is 6.05. The molecule has 0 aromatic rings. The third-order valence-electron chi connectivity index (χ3n) is 3.39. The van der Waals surface area contributed by atoms with Crippen LogP contribution in [-0.4, -0.2) is 55.0 Å². The van der Waals surface area contributed by atoms with Crippen molar-refractivity contribution < 1.29 is 18.3 Å². The van der Waals surface area contributed by atoms with Crippen molar-refractivity contribution in [3.8, 4) is 0 Å². The average Bonchev–Trinajstić information content (AvgIpc) is 2.27. The molecule has 3 nitrogen and oxygen atoms in total. The van der Waals surface area contributed by atoms with Crippen LogP contribution in [0.4, 0.5) is 13.2 Å². The van der Waals surface area contributed by atoms with Gasteiger partial charge in [0.15, 0.2) is 0 Å². The number of nitrogens with one attached hydrogen (secondary N) is 1. The maximum atomic E-state index is 12.4. The molecule has 0 aromatic carbocycles. The van der Waals surface area contributed by atoms with E-state index in [2.05, 4.69) is 5.32 Å². The molecule has 0 atom stereocenters. The first-order chi connectivity index (χ1) is 7.96. The van der Waals surface area contributed by atoms with Gasteiger partial charge in [-0.2, -0.15) is 13.2 Å². The summed E-state index contributed by atoms with van der Waals surface area (Å²) in [7, 11) is 1.88. The minimum atomic E-state index is -4.19. The predicted octanol–water partition coefficient (Wildman–Crippen LogP) is 1.37. The van der Waals surface area contributed by atoms with E-state index in [9.17, 15) is 13.2 Å². The number of aliphatic hydroxyl groups is 1. The van der Waals surface area contributed by atoms with Crippen molar-refractivity contribution in [1.29, 1.82) is 0 Å². The lowest BCUT2D eigenvalue weighted by Gasteiger charge is -2.36. The lowest BCUT2D eigenvalue weighted by molar-refractivity contribution is -0.153. The van der Waals surface area contributed by atoms with E-state index in [1.165, 1.54) is 4.90 Å². The van der Waals surface area contributed by atoms with Crippen LogP contribution in [0, 0.1) is 0 Å². The highest BCUT2D eigenvalue weighted by Crippen LogP contribution is 2.26. The summed E-state index contributed by atoms with van der Waals surface area (Å²) in [5, 5.41) is 12.0. The first-order valence-electron chi connectivity index (χ1n) is 6.05. The van der Waals surface area contributed by atoms with Crippen LogP contribution in [0.15, 0.2) is 0 Å². The van der Waals surface area contributed by atoms with Gasteiger partial charge in [0, 0.05) is 18.6 Å². The van der Waals surface area contributed by atoms with Gasteiger partial charge in [0.25, 0.3) is 0 Å². The molecule has 102 valence electrons. The Morgan fingerprint density at radius 2 is 1.82 bits per heavy atom. The molecule has 0 spiro atoms. The van der Waals surface area contributed by atoms with Crippen LogP contribution >= 0.6 is 0 Å². The molecule has 0 saturated heterocycles. The van der Waals surface area contributed by atoms with Crippen molar-refractivity contribution in [1.82, 2.24) is 10.2 Å². The quantitative estimate of drug-likeness (QED) is 0.778. The van der Waals surface area contributed by atoms with Crippen LogP contribution in [0.3, 0.4) is 0 Å². The number of aliphatic hydroxyl groups excluding tert-OH is 1. The second kappa shape index (κ2) is 6.56. The molecule has 2 N–H and O–H groups in total. The summed E-state index contributed by atoms with van der Waals surface area (Å²) < 4.78 is 37.2. The Balaban J connectivity index is 2.48. The van der Waals surface area contributed by atoms with Crippen LogP contribution in [0.25, 0.3) is 0 Å². The van der Waals surface area contributed by atoms with Gasteiger partial charge in [0.1, 0.15) is 0 Å². The summed E-state index contributed by atoms with van der Waals surface area (Å²) >= 11 is 0. The Hall–Kier alpha value is -0.330. The number of rotatable bonds is 5. The molecule has 1 fully saturated rings. The Kier molecular flexibility index (Phi) is 5.69. The molecule has 0 bridgehead atoms. The van der Waals surface area contributed by atoms with Crippen LogP contribution in [0.1, 0.15) is 25.7 Å². The van der Waals surface area contributed by atoms with Crippen molar-refractivity contribution in [3.63, 3.8) is 0 Å². The summed E-state index contributed by atoms with van der Waals surface area (Å²) in [4.78, 5) is 1.37. The van der Waals surface area contributed by atoms with Gasteiger partial charge in [-0.15, -0.1) is 0 Å². The third-order valence-corrected chi connectivity index (χ3v) is 3.39. The molecule has 0 unspecified atom stereocenters. The van der Waals surface area contributed by atoms with Gasteiger partial charge in [-0.05, 0) is 32.7 Å². The van der Waals surface area contributed by atoms with Crippen LogP contribution in [0.2, 0.25) is 0 Å². The Bertz CT molecular complexity index is 215. The normalized spacial score (nSPS) is 26.5. The van der Waals surface area contributed by atoms with Gasteiger partial charge in [-0.25, -0.2) is 0 Å². The zero-order valence-electron chi connectivity index (χ0n) is 10.1. The zero-order valence-corrected chi connectivity index (χ0v) is 10.1. The van der Waals surface area contributed by atoms with Crippen molar-refractivity contribution >= 4 is 0 Å². The van der Waals surface area contributed by atoms with E-state index in [0.29, 0.717) is 6.04 Å². The van der Waals surface area contributed by atoms with Gasteiger partial charge in [-0.3, -0.25) is 4.90 Å². The maximum Gasteiger partial charge on any atom is 0.401 e. The SMILES string of the molecule is CNC1CCC(N(CCO)CC(F)(F)F)CC1. The highest BCUT2D eigenvalue weighted by molar-refractivity contribution is 4.83. The maximum absolute atomic E-state index is 12.4. The Labute approximate surface area is 100.0 Å². The smallest absolute Gasteiger partial charge is 0.395 e. The van der Waals surface area contributed by atoms with Crippen LogP contribution in [-0.2, 0) is 0 Å². The highest BCUT2D eigenvalue weighted by atomic mass is 19.4. The van der Waals surface area contributed by atoms with Crippen LogP contribution < -0.4 is 5.32 Å². The first kappa shape index (κ1) is 14.7. The fraction of sp³-hybridized carbons (Fsp3) is 1.00. The predicted molar refractivity (Wildman–Crippen MR) is 59.8 cm³/mol. The lowest BCUT2D eigenvalue weighted by atomic mass is 9.90. The molecule has 17 heavy (non-hydrogen) atoms. The van der Waals surface area contributed by atoms with Gasteiger partial charge in [0.05, 0.1) is 13.2 Å². The van der Waals surface area contributed by atoms with E-state index in [1.807, 2.05) is 7.05 Å². The van der Waals surface area contributed by atoms with Gasteiger partial charge >= 0.3 is 6.18 Å². The standard InChI is InChI=1S/C11H21F3N2O/c1-15-9-2-4-10(5-3-9)16(6-7-17)8-11(12,13)14/h9-10,15,17H,2-8H2,1H3. The van der Waals surface area contributed by atoms with E-state index < -0.39 is 12.7 Å². The minimum Gasteiger partial charge on any atom is -0.395 e. The van der Waals surface area contributed by atoms with E-state index in [0.717, 1.165) is 25.7 Å². The molecule has 1 saturated carbocycles. The van der Waals surface area contributed by atoms with E-state index >= 15 is 0 Å². The van der Waals surface area contributed by atoms with Gasteiger partial charge in [-0.1, -0.05) is 0 Å². The Morgan fingerprint density at radius 1 is 1.24 bits per heavy atom. The number of halogens is 3. The fourth-order valence-corrected chi connectivity index (χ4v) is 2.48. The monoisotopic (exact) mass is 254 g/mol. The molecule has 1 rings (SSSR count). The molecule has 0 amide bonds. The zero-order chi connectivity index (χ0) is 12.9. The van der Waals surface area contributed by atoms with Crippen molar-refractivity contribution in [2.24, 2.45) is 0 Å². The molecule has 1 aliphatic rings. The number of hydrogen-bond donors (Lipinski definition) is 2. The highest BCUT2D eigenvalue weighted by Gasteiger charge is 2.34. The molecule has 0 aromatic heterocycles. The molecule has 0 aliphatic heterocycles. The van der Waals surface area contributed by atoms with Crippen molar-refractivity contribution in [2.75, 3.05) is 26.7 Å². The minimum absolute atomic E-state index is 0.0478. The topological polar surface area (TPSA) is 35.5 Å². The second-order valence-electron chi connectivity index (χ2n) is 4.60. The lowest BCUT2D eigenvalue weighted by Crippen LogP contribution is -2.46. The average molecular weight is 254 g/mol. The summed E-state index contributed by atoms with van der Waals surface area (Å²) in [5.74, 6) is 0. The molecular formula is C11H21F3N2O. The van der Waals surface area contributed by atoms with Gasteiger partial charge < -0.3 is 10.4 Å². The summed E-state index contributed by atoms with van der Waals surface area (Å²) in [5.41, 5.74) is 0. The molecule has 0 heterocycles. The largest absolute Gasteiger partial charge is 0.401 e. The molecule has 0 radical (unpaired) electrons. The summed E-state index contributed by atoms with van der Waals surface area (Å²) in [6.07, 6.45) is -0.847. The number of alkyl halides is 3. The summed E-state index contributed by atoms with van der Waals surface area (Å²) in [6, 6.07) is 0.376. The van der Waals surface area contributed by atoms with E-state index in [4.69, 9.17) is 5.11 Å². The van der Waals surface area contributed by atoms with Crippen molar-refractivity contribution in [3.05, 3.63) is 0 Å². The third kappa shape index (κ3) is 5.23. The number of hydrogen-bond acceptors (Lipinski definition) is 3. The second-order valence-corrected chi connectivity index (χ2v) is 4.60. The Morgan fingerprint density at radius 3 is 2.24 bits per heavy atom. The summed E-state index contributed by atoms with van der Waals surface area (Å²) in [6.45, 7) is -1.03. The fourth-order valence-electron chi connectivity index (χ4n) is 2.48. The molecule has 1 aliphatic carbocycles. The molecular weight excluding hydrogens is 233 g/mol. The number of nitrogens with zero attached hydrogens (tertiary/aromatic N) is 1. The molecule has 6 heteroatoms. The van der Waals surface area contributed by atoms with E-state index in [-0.39, 0.29) is 19.2 Å². The van der Waals surface area contributed by atoms with Crippen molar-refractivity contribution in [2.45, 2.75) is 43.9 Å².